The monoisotopic (exact) mass is 853 g/mol. The zero-order valence-corrected chi connectivity index (χ0v) is 31.8. The minimum atomic E-state index is -1.77. The number of pyridine rings is 2. The molecule has 5 heteroatoms. The van der Waals surface area contributed by atoms with Crippen LogP contribution in [-0.2, 0) is 32.9 Å². The van der Waals surface area contributed by atoms with Gasteiger partial charge in [-0.3, -0.25) is 0 Å². The number of furan rings is 1. The average Bonchev–Trinajstić information content (AvgIpc) is 3.47. The minimum Gasteiger partial charge on any atom is -0.501 e. The smallest absolute Gasteiger partial charge is 0.120 e. The van der Waals surface area contributed by atoms with Crippen molar-refractivity contribution in [1.29, 1.82) is 0 Å². The molecule has 0 saturated carbocycles. The Bertz CT molecular complexity index is 2150. The van der Waals surface area contributed by atoms with Crippen molar-refractivity contribution < 1.29 is 24.5 Å². The largest absolute Gasteiger partial charge is 0.501 e. The average molecular weight is 852 g/mol. The van der Waals surface area contributed by atoms with Gasteiger partial charge in [-0.15, -0.1) is 18.2 Å². The molecule has 0 fully saturated rings. The van der Waals surface area contributed by atoms with E-state index in [1.807, 2.05) is 36.5 Å². The van der Waals surface area contributed by atoms with Gasteiger partial charge in [-0.1, -0.05) is 58.5 Å². The number of hydrogen-bond acceptors (Lipinski definition) is 3. The Morgan fingerprint density at radius 2 is 1.55 bits per heavy atom. The van der Waals surface area contributed by atoms with E-state index in [0.717, 1.165) is 57.3 Å². The Hall–Kier alpha value is -3.83. The number of hydrogen-bond donors (Lipinski definition) is 0. The first-order valence-electron chi connectivity index (χ1n) is 16.2. The summed E-state index contributed by atoms with van der Waals surface area (Å²) < 4.78 is 7.84. The molecule has 3 aromatic heterocycles. The van der Waals surface area contributed by atoms with Crippen LogP contribution in [0.3, 0.4) is 0 Å². The van der Waals surface area contributed by atoms with Gasteiger partial charge in [0.25, 0.3) is 0 Å². The van der Waals surface area contributed by atoms with Crippen molar-refractivity contribution in [3.63, 3.8) is 0 Å². The van der Waals surface area contributed by atoms with E-state index in [9.17, 15) is 0 Å². The molecule has 7 aromatic rings. The maximum absolute atomic E-state index is 6.35. The number of benzene rings is 4. The summed E-state index contributed by atoms with van der Waals surface area (Å²) in [6.45, 7) is 2.19. The molecular formula is C42H38GeIrN2O-2. The first-order chi connectivity index (χ1) is 22.4. The van der Waals surface area contributed by atoms with Gasteiger partial charge in [0.15, 0.2) is 0 Å². The van der Waals surface area contributed by atoms with Gasteiger partial charge in [0, 0.05) is 31.7 Å². The fourth-order valence-electron chi connectivity index (χ4n) is 6.65. The molecule has 8 rings (SSSR count). The predicted octanol–water partition coefficient (Wildman–Crippen LogP) is 10.4. The Balaban J connectivity index is 0.000000185. The van der Waals surface area contributed by atoms with Gasteiger partial charge in [-0.25, -0.2) is 0 Å². The second kappa shape index (κ2) is 14.1. The SMILES string of the molecule is Cc1cc(-c2[c-]cccc2)nc[c]1[Ge]([CH3])([CH3])[CH3].[Ir].[c-]1ccc2c(oc3ccc(-c4ccccc4)cc32)c1-c1nccc2c1CCCC2. The third kappa shape index (κ3) is 6.92. The van der Waals surface area contributed by atoms with Crippen molar-refractivity contribution in [3.8, 4) is 33.6 Å². The Morgan fingerprint density at radius 1 is 0.745 bits per heavy atom. The molecule has 1 radical (unpaired) electrons. The summed E-state index contributed by atoms with van der Waals surface area (Å²) in [6.07, 6.45) is 8.72. The van der Waals surface area contributed by atoms with Gasteiger partial charge in [0.2, 0.25) is 0 Å². The molecule has 0 atom stereocenters. The fraction of sp³-hybridized carbons (Fsp3) is 0.190. The summed E-state index contributed by atoms with van der Waals surface area (Å²) in [6, 6.07) is 40.0. The number of aryl methyl sites for hydroxylation is 2. The van der Waals surface area contributed by atoms with Crippen LogP contribution in [0.25, 0.3) is 55.6 Å². The van der Waals surface area contributed by atoms with Gasteiger partial charge in [0.05, 0.1) is 5.58 Å². The first-order valence-corrected chi connectivity index (χ1v) is 23.5. The predicted molar refractivity (Wildman–Crippen MR) is 194 cm³/mol. The Morgan fingerprint density at radius 3 is 2.32 bits per heavy atom. The standard InChI is InChI=1S/C27H20NO.C15H18GeN.Ir/c1-2-7-18(8-3-1)20-13-14-25-24(17-20)22-11-6-12-23(27(22)29-25)26-21-10-5-4-9-19(21)15-16-28-26;1-12-10-15(13-8-6-5-7-9-13)17-11-14(12)16(2,3)4;/h1-3,6-8,11,13-17H,4-5,9-10H2;5-8,10-11H,1-4H3;/q2*-1;. The van der Waals surface area contributed by atoms with E-state index >= 15 is 0 Å². The van der Waals surface area contributed by atoms with Crippen LogP contribution in [0, 0.1) is 19.1 Å². The van der Waals surface area contributed by atoms with Crippen LogP contribution < -0.4 is 4.40 Å². The summed E-state index contributed by atoms with van der Waals surface area (Å²) in [7, 11) is 0. The van der Waals surface area contributed by atoms with Crippen molar-refractivity contribution in [2.24, 2.45) is 0 Å². The van der Waals surface area contributed by atoms with Crippen LogP contribution in [0.2, 0.25) is 17.3 Å². The van der Waals surface area contributed by atoms with Crippen LogP contribution >= 0.6 is 0 Å². The quantitative estimate of drug-likeness (QED) is 0.131. The number of fused-ring (bicyclic) bond motifs is 4. The van der Waals surface area contributed by atoms with Crippen molar-refractivity contribution in [1.82, 2.24) is 9.97 Å². The van der Waals surface area contributed by atoms with Crippen LogP contribution in [0.4, 0.5) is 0 Å². The molecule has 0 amide bonds. The molecule has 3 heterocycles. The van der Waals surface area contributed by atoms with E-state index in [2.05, 4.69) is 114 Å². The molecule has 47 heavy (non-hydrogen) atoms. The number of rotatable bonds is 4. The summed E-state index contributed by atoms with van der Waals surface area (Å²) in [5.41, 5.74) is 12.5. The van der Waals surface area contributed by atoms with Crippen LogP contribution in [-0.4, -0.2) is 23.2 Å². The normalized spacial score (nSPS) is 12.6. The van der Waals surface area contributed by atoms with Crippen LogP contribution in [0.1, 0.15) is 29.5 Å². The van der Waals surface area contributed by atoms with Crippen molar-refractivity contribution in [2.45, 2.75) is 49.9 Å². The van der Waals surface area contributed by atoms with Crippen LogP contribution in [0.15, 0.2) is 114 Å². The third-order valence-electron chi connectivity index (χ3n) is 8.95. The topological polar surface area (TPSA) is 38.9 Å². The molecule has 1 aliphatic carbocycles. The molecule has 0 N–H and O–H groups in total. The molecular weight excluding hydrogens is 813 g/mol. The summed E-state index contributed by atoms with van der Waals surface area (Å²) in [5.74, 6) is 7.20. The second-order valence-corrected chi connectivity index (χ2v) is 23.8. The van der Waals surface area contributed by atoms with Gasteiger partial charge in [-0.05, 0) is 60.7 Å². The molecule has 4 aromatic carbocycles. The van der Waals surface area contributed by atoms with Crippen molar-refractivity contribution >= 4 is 39.6 Å². The van der Waals surface area contributed by atoms with E-state index < -0.39 is 13.3 Å². The summed E-state index contributed by atoms with van der Waals surface area (Å²) >= 11 is -1.77. The first kappa shape index (κ1) is 33.1. The maximum Gasteiger partial charge on any atom is 0.120 e. The fourth-order valence-corrected chi connectivity index (χ4v) is 10.2. The molecule has 237 valence electrons. The molecule has 0 unspecified atom stereocenters. The zero-order chi connectivity index (χ0) is 31.7. The molecule has 0 saturated heterocycles. The minimum absolute atomic E-state index is 0. The molecule has 0 spiro atoms. The molecule has 0 bridgehead atoms. The van der Waals surface area contributed by atoms with Gasteiger partial charge >= 0.3 is 106 Å². The molecule has 3 nitrogen and oxygen atoms in total. The number of nitrogens with zero attached hydrogens (tertiary/aromatic N) is 2. The van der Waals surface area contributed by atoms with Gasteiger partial charge in [-0.2, -0.15) is 0 Å². The van der Waals surface area contributed by atoms with Crippen LogP contribution in [0.5, 0.6) is 0 Å². The number of aromatic nitrogens is 2. The Kier molecular flexibility index (Phi) is 9.94. The summed E-state index contributed by atoms with van der Waals surface area (Å²) in [4.78, 5) is 9.35. The van der Waals surface area contributed by atoms with Crippen molar-refractivity contribution in [2.75, 3.05) is 0 Å². The van der Waals surface area contributed by atoms with E-state index in [4.69, 9.17) is 9.40 Å². The van der Waals surface area contributed by atoms with Gasteiger partial charge < -0.3 is 9.40 Å². The van der Waals surface area contributed by atoms with Gasteiger partial charge in [0.1, 0.15) is 5.58 Å². The summed E-state index contributed by atoms with van der Waals surface area (Å²) in [5, 5.41) is 2.27. The third-order valence-corrected chi connectivity index (χ3v) is 13.4. The Labute approximate surface area is 294 Å². The van der Waals surface area contributed by atoms with E-state index in [1.165, 1.54) is 45.1 Å². The maximum atomic E-state index is 6.35. The molecule has 1 aliphatic rings. The molecule has 0 aliphatic heterocycles. The zero-order valence-electron chi connectivity index (χ0n) is 27.4. The van der Waals surface area contributed by atoms with E-state index in [1.54, 1.807) is 0 Å². The van der Waals surface area contributed by atoms with Crippen molar-refractivity contribution in [3.05, 3.63) is 138 Å². The second-order valence-electron chi connectivity index (χ2n) is 13.2. The van der Waals surface area contributed by atoms with E-state index in [-0.39, 0.29) is 20.1 Å². The van der Waals surface area contributed by atoms with E-state index in [0.29, 0.717) is 0 Å².